The first-order valence-electron chi connectivity index (χ1n) is 6.33. The van der Waals surface area contributed by atoms with Gasteiger partial charge in [-0.05, 0) is 43.5 Å². The van der Waals surface area contributed by atoms with Crippen molar-refractivity contribution in [1.82, 2.24) is 5.32 Å². The number of nitrogens with two attached hydrogens (primary N) is 1. The summed E-state index contributed by atoms with van der Waals surface area (Å²) in [6.07, 6.45) is 3.72. The number of benzene rings is 1. The third-order valence-electron chi connectivity index (χ3n) is 3.71. The number of halogens is 1. The number of hydrogen-bond acceptors (Lipinski definition) is 2. The highest BCUT2D eigenvalue weighted by Gasteiger charge is 2.38. The van der Waals surface area contributed by atoms with Crippen LogP contribution in [0.1, 0.15) is 41.6 Å². The van der Waals surface area contributed by atoms with Gasteiger partial charge in [0.25, 0.3) is 5.91 Å². The number of nitrogens with one attached hydrogen (secondary N) is 1. The van der Waals surface area contributed by atoms with Crippen molar-refractivity contribution in [2.45, 2.75) is 38.1 Å². The molecule has 0 saturated heterocycles. The van der Waals surface area contributed by atoms with Crippen LogP contribution in [0.5, 0.6) is 0 Å². The summed E-state index contributed by atoms with van der Waals surface area (Å²) in [7, 11) is 0. The van der Waals surface area contributed by atoms with E-state index in [0.717, 1.165) is 31.2 Å². The number of amides is 1. The van der Waals surface area contributed by atoms with Crippen molar-refractivity contribution in [1.29, 1.82) is 0 Å². The van der Waals surface area contributed by atoms with Crippen molar-refractivity contribution >= 4 is 34.7 Å². The van der Waals surface area contributed by atoms with Gasteiger partial charge in [0.05, 0.1) is 10.5 Å². The Morgan fingerprint density at radius 3 is 2.58 bits per heavy atom. The maximum Gasteiger partial charge on any atom is 0.252 e. The van der Waals surface area contributed by atoms with Gasteiger partial charge in [-0.3, -0.25) is 4.79 Å². The third kappa shape index (κ3) is 2.90. The normalized spacial score (nSPS) is 17.2. The van der Waals surface area contributed by atoms with E-state index >= 15 is 0 Å². The summed E-state index contributed by atoms with van der Waals surface area (Å²) in [6, 6.07) is 5.22. The van der Waals surface area contributed by atoms with E-state index in [-0.39, 0.29) is 5.91 Å². The number of thiocarbonyl (C=S) groups is 1. The summed E-state index contributed by atoms with van der Waals surface area (Å²) in [5.41, 5.74) is 6.77. The highest BCUT2D eigenvalue weighted by Crippen LogP contribution is 2.30. The van der Waals surface area contributed by atoms with Crippen LogP contribution < -0.4 is 11.1 Å². The molecule has 0 spiro atoms. The highest BCUT2D eigenvalue weighted by molar-refractivity contribution is 7.80. The predicted octanol–water partition coefficient (Wildman–Crippen LogP) is 2.98. The smallest absolute Gasteiger partial charge is 0.252 e. The fourth-order valence-electron chi connectivity index (χ4n) is 2.58. The summed E-state index contributed by atoms with van der Waals surface area (Å²) in [6.45, 7) is 1.86. The number of hydrogen-bond donors (Lipinski definition) is 2. The Kier molecular flexibility index (Phi) is 4.11. The number of carbonyl (C=O) groups is 1. The summed E-state index contributed by atoms with van der Waals surface area (Å²) in [5.74, 6) is -0.135. The Hall–Kier alpha value is -1.13. The van der Waals surface area contributed by atoms with Gasteiger partial charge in [0.15, 0.2) is 0 Å². The molecular weight excluding hydrogens is 280 g/mol. The molecule has 0 heterocycles. The van der Waals surface area contributed by atoms with Crippen LogP contribution in [0.25, 0.3) is 0 Å². The second kappa shape index (κ2) is 5.47. The number of carbonyl (C=O) groups excluding carboxylic acids is 1. The van der Waals surface area contributed by atoms with Crippen molar-refractivity contribution in [3.8, 4) is 0 Å². The predicted molar refractivity (Wildman–Crippen MR) is 81.6 cm³/mol. The Morgan fingerprint density at radius 2 is 2.05 bits per heavy atom. The molecule has 0 atom stereocenters. The van der Waals surface area contributed by atoms with Crippen molar-refractivity contribution in [3.63, 3.8) is 0 Å². The summed E-state index contributed by atoms with van der Waals surface area (Å²) in [4.78, 5) is 12.8. The second-order valence-electron chi connectivity index (χ2n) is 5.07. The van der Waals surface area contributed by atoms with Crippen molar-refractivity contribution < 1.29 is 4.79 Å². The van der Waals surface area contributed by atoms with E-state index in [9.17, 15) is 4.79 Å². The van der Waals surface area contributed by atoms with Gasteiger partial charge in [0, 0.05) is 10.6 Å². The summed E-state index contributed by atoms with van der Waals surface area (Å²) in [5, 5.41) is 3.64. The van der Waals surface area contributed by atoms with Gasteiger partial charge in [-0.2, -0.15) is 0 Å². The quantitative estimate of drug-likeness (QED) is 0.843. The molecule has 19 heavy (non-hydrogen) atoms. The van der Waals surface area contributed by atoms with E-state index in [1.807, 2.05) is 6.92 Å². The van der Waals surface area contributed by atoms with Gasteiger partial charge in [-0.15, -0.1) is 0 Å². The van der Waals surface area contributed by atoms with E-state index in [0.29, 0.717) is 15.6 Å². The number of rotatable bonds is 3. The molecule has 3 N–H and O–H groups in total. The average molecular weight is 297 g/mol. The molecule has 2 rings (SSSR count). The van der Waals surface area contributed by atoms with Crippen LogP contribution in [0.4, 0.5) is 0 Å². The van der Waals surface area contributed by atoms with Crippen LogP contribution in [-0.2, 0) is 0 Å². The SMILES string of the molecule is Cc1cc(Cl)ccc1C(=O)NC1(C(N)=S)CCCC1. The van der Waals surface area contributed by atoms with Crippen LogP contribution in [0, 0.1) is 6.92 Å². The minimum absolute atomic E-state index is 0.135. The largest absolute Gasteiger partial charge is 0.391 e. The lowest BCUT2D eigenvalue weighted by molar-refractivity contribution is 0.0924. The van der Waals surface area contributed by atoms with Crippen LogP contribution in [0.2, 0.25) is 5.02 Å². The van der Waals surface area contributed by atoms with Crippen LogP contribution >= 0.6 is 23.8 Å². The topological polar surface area (TPSA) is 55.1 Å². The first-order chi connectivity index (χ1) is 8.94. The molecule has 102 valence electrons. The molecular formula is C14H17ClN2OS. The second-order valence-corrected chi connectivity index (χ2v) is 5.94. The van der Waals surface area contributed by atoms with E-state index in [1.54, 1.807) is 18.2 Å². The first-order valence-corrected chi connectivity index (χ1v) is 7.12. The maximum absolute atomic E-state index is 12.4. The maximum atomic E-state index is 12.4. The Morgan fingerprint density at radius 1 is 1.42 bits per heavy atom. The molecule has 3 nitrogen and oxygen atoms in total. The Labute approximate surface area is 123 Å². The molecule has 0 unspecified atom stereocenters. The first kappa shape index (κ1) is 14.3. The lowest BCUT2D eigenvalue weighted by Crippen LogP contribution is -2.54. The molecule has 1 fully saturated rings. The van der Waals surface area contributed by atoms with Crippen molar-refractivity contribution in [2.24, 2.45) is 5.73 Å². The molecule has 1 amide bonds. The fourth-order valence-corrected chi connectivity index (χ4v) is 3.06. The van der Waals surface area contributed by atoms with E-state index in [4.69, 9.17) is 29.6 Å². The van der Waals surface area contributed by atoms with Gasteiger partial charge >= 0.3 is 0 Å². The van der Waals surface area contributed by atoms with E-state index in [2.05, 4.69) is 5.32 Å². The Bertz CT molecular complexity index is 524. The average Bonchev–Trinajstić information content (AvgIpc) is 2.78. The fraction of sp³-hybridized carbons (Fsp3) is 0.429. The lowest BCUT2D eigenvalue weighted by Gasteiger charge is -2.29. The molecule has 0 radical (unpaired) electrons. The monoisotopic (exact) mass is 296 g/mol. The molecule has 1 aliphatic rings. The van der Waals surface area contributed by atoms with Gasteiger partial charge in [-0.25, -0.2) is 0 Å². The van der Waals surface area contributed by atoms with E-state index in [1.165, 1.54) is 0 Å². The summed E-state index contributed by atoms with van der Waals surface area (Å²) >= 11 is 11.0. The van der Waals surface area contributed by atoms with Crippen LogP contribution in [-0.4, -0.2) is 16.4 Å². The molecule has 5 heteroatoms. The van der Waals surface area contributed by atoms with Crippen molar-refractivity contribution in [3.05, 3.63) is 34.3 Å². The van der Waals surface area contributed by atoms with Crippen LogP contribution in [0.3, 0.4) is 0 Å². The van der Waals surface area contributed by atoms with Crippen molar-refractivity contribution in [2.75, 3.05) is 0 Å². The van der Waals surface area contributed by atoms with Gasteiger partial charge in [0.1, 0.15) is 0 Å². The molecule has 0 bridgehead atoms. The van der Waals surface area contributed by atoms with Crippen LogP contribution in [0.15, 0.2) is 18.2 Å². The molecule has 0 aliphatic heterocycles. The summed E-state index contributed by atoms with van der Waals surface area (Å²) < 4.78 is 0. The van der Waals surface area contributed by atoms with E-state index < -0.39 is 5.54 Å². The standard InChI is InChI=1S/C14H17ClN2OS/c1-9-8-10(15)4-5-11(9)12(18)17-14(13(16)19)6-2-3-7-14/h4-5,8H,2-3,6-7H2,1H3,(H2,16,19)(H,17,18). The van der Waals surface area contributed by atoms with Gasteiger partial charge in [-0.1, -0.05) is 36.7 Å². The third-order valence-corrected chi connectivity index (χ3v) is 4.34. The number of aryl methyl sites for hydroxylation is 1. The minimum Gasteiger partial charge on any atom is -0.391 e. The molecule has 0 aromatic heterocycles. The molecule has 1 aromatic carbocycles. The highest BCUT2D eigenvalue weighted by atomic mass is 35.5. The molecule has 1 aromatic rings. The minimum atomic E-state index is -0.515. The lowest BCUT2D eigenvalue weighted by atomic mass is 9.96. The zero-order chi connectivity index (χ0) is 14.0. The zero-order valence-corrected chi connectivity index (χ0v) is 12.4. The van der Waals surface area contributed by atoms with Gasteiger partial charge < -0.3 is 11.1 Å². The molecule has 1 aliphatic carbocycles. The Balaban J connectivity index is 2.22. The zero-order valence-electron chi connectivity index (χ0n) is 10.8. The molecule has 1 saturated carbocycles. The van der Waals surface area contributed by atoms with Gasteiger partial charge in [0.2, 0.25) is 0 Å².